The summed E-state index contributed by atoms with van der Waals surface area (Å²) in [4.78, 5) is 12.6. The van der Waals surface area contributed by atoms with E-state index in [2.05, 4.69) is 31.3 Å². The van der Waals surface area contributed by atoms with E-state index in [0.29, 0.717) is 6.42 Å². The SMILES string of the molecule is CCCCCCCCCCCCCCCCCCC/C=C/CC/C=C/C(O)C(CO)NC(=O)CC(O)CCCCCCCCCCCCCCCCCCCCCCCCCCCCCCCCCCCCCCC. The lowest BCUT2D eigenvalue weighted by molar-refractivity contribution is -0.124. The van der Waals surface area contributed by atoms with Gasteiger partial charge in [-0.2, -0.15) is 0 Å². The standard InChI is InChI=1S/C70H137NO4/c1-3-5-7-9-11-13-15-17-19-21-23-25-27-28-29-30-31-32-33-34-35-36-37-38-39-40-42-43-45-47-49-51-53-55-57-59-61-63-67(73)65-70(75)71-68(66-72)69(74)64-62-60-58-56-54-52-50-48-46-44-41-26-24-22-20-18-16-14-12-10-8-6-4-2/h54,56,62,64,67-69,72-74H,3-53,55,57-61,63,65-66H2,1-2H3,(H,71,75)/b56-54+,64-62+. The second kappa shape index (κ2) is 65.3. The number of unbranched alkanes of at least 4 members (excludes halogenated alkanes) is 54. The predicted molar refractivity (Wildman–Crippen MR) is 333 cm³/mol. The summed E-state index contributed by atoms with van der Waals surface area (Å²) >= 11 is 0. The van der Waals surface area contributed by atoms with Crippen LogP contribution in [0, 0.1) is 0 Å². The molecule has 0 bridgehead atoms. The zero-order valence-electron chi connectivity index (χ0n) is 51.2. The van der Waals surface area contributed by atoms with E-state index in [-0.39, 0.29) is 18.9 Å². The maximum Gasteiger partial charge on any atom is 0.222 e. The largest absolute Gasteiger partial charge is 0.394 e. The fourth-order valence-electron chi connectivity index (χ4n) is 11.2. The molecule has 0 aromatic heterocycles. The Morgan fingerprint density at radius 1 is 0.333 bits per heavy atom. The Morgan fingerprint density at radius 2 is 0.573 bits per heavy atom. The van der Waals surface area contributed by atoms with Gasteiger partial charge in [0.05, 0.1) is 31.3 Å². The van der Waals surface area contributed by atoms with Gasteiger partial charge in [0.15, 0.2) is 0 Å². The Bertz CT molecular complexity index is 1120. The minimum atomic E-state index is -0.951. The predicted octanol–water partition coefficient (Wildman–Crippen LogP) is 22.4. The highest BCUT2D eigenvalue weighted by Gasteiger charge is 2.20. The van der Waals surface area contributed by atoms with Crippen molar-refractivity contribution in [3.05, 3.63) is 24.3 Å². The van der Waals surface area contributed by atoms with Crippen LogP contribution in [0.15, 0.2) is 24.3 Å². The lowest BCUT2D eigenvalue weighted by atomic mass is 10.0. The fourth-order valence-corrected chi connectivity index (χ4v) is 11.2. The summed E-state index contributed by atoms with van der Waals surface area (Å²) < 4.78 is 0. The molecule has 3 unspecified atom stereocenters. The number of carbonyl (C=O) groups excluding carboxylic acids is 1. The van der Waals surface area contributed by atoms with Crippen LogP contribution in [0.25, 0.3) is 0 Å². The summed E-state index contributed by atoms with van der Waals surface area (Å²) in [6.07, 6.45) is 85.8. The molecule has 0 aliphatic carbocycles. The van der Waals surface area contributed by atoms with Gasteiger partial charge in [0.2, 0.25) is 5.91 Å². The van der Waals surface area contributed by atoms with Gasteiger partial charge in [-0.1, -0.05) is 378 Å². The molecule has 0 aliphatic rings. The van der Waals surface area contributed by atoms with E-state index >= 15 is 0 Å². The van der Waals surface area contributed by atoms with Crippen molar-refractivity contribution < 1.29 is 20.1 Å². The molecule has 0 rings (SSSR count). The van der Waals surface area contributed by atoms with E-state index < -0.39 is 18.2 Å². The van der Waals surface area contributed by atoms with Gasteiger partial charge in [-0.05, 0) is 32.1 Å². The molecule has 1 amide bonds. The summed E-state index contributed by atoms with van der Waals surface area (Å²) in [5, 5.41) is 33.6. The molecule has 0 saturated heterocycles. The molecule has 0 spiro atoms. The van der Waals surface area contributed by atoms with Crippen molar-refractivity contribution in [2.24, 2.45) is 0 Å². The van der Waals surface area contributed by atoms with E-state index in [9.17, 15) is 20.1 Å². The summed E-state index contributed by atoms with van der Waals surface area (Å²) in [6, 6.07) is -0.760. The van der Waals surface area contributed by atoms with Gasteiger partial charge in [0, 0.05) is 0 Å². The minimum absolute atomic E-state index is 0.0108. The molecular weight excluding hydrogens is 919 g/mol. The smallest absolute Gasteiger partial charge is 0.222 e. The molecule has 0 fully saturated rings. The van der Waals surface area contributed by atoms with Gasteiger partial charge in [-0.3, -0.25) is 4.79 Å². The van der Waals surface area contributed by atoms with E-state index in [0.717, 1.165) is 32.1 Å². The Balaban J connectivity index is 3.47. The minimum Gasteiger partial charge on any atom is -0.394 e. The van der Waals surface area contributed by atoms with Crippen molar-refractivity contribution in [2.75, 3.05) is 6.61 Å². The number of amides is 1. The number of aliphatic hydroxyl groups excluding tert-OH is 3. The van der Waals surface area contributed by atoms with E-state index in [1.165, 1.54) is 334 Å². The monoisotopic (exact) mass is 1060 g/mol. The number of allylic oxidation sites excluding steroid dienone is 3. The molecule has 0 aliphatic heterocycles. The van der Waals surface area contributed by atoms with Gasteiger partial charge in [-0.25, -0.2) is 0 Å². The molecule has 75 heavy (non-hydrogen) atoms. The quantitative estimate of drug-likeness (QED) is 0.0361. The molecule has 0 saturated carbocycles. The third-order valence-electron chi connectivity index (χ3n) is 16.5. The topological polar surface area (TPSA) is 89.8 Å². The second-order valence-corrected chi connectivity index (χ2v) is 24.1. The van der Waals surface area contributed by atoms with Crippen LogP contribution < -0.4 is 5.32 Å². The van der Waals surface area contributed by atoms with Gasteiger partial charge >= 0.3 is 0 Å². The van der Waals surface area contributed by atoms with Gasteiger partial charge < -0.3 is 20.6 Å². The lowest BCUT2D eigenvalue weighted by Crippen LogP contribution is -2.45. The summed E-state index contributed by atoms with van der Waals surface area (Å²) in [6.45, 7) is 4.26. The first-order valence-corrected chi connectivity index (χ1v) is 34.6. The van der Waals surface area contributed by atoms with Crippen molar-refractivity contribution in [1.82, 2.24) is 5.32 Å². The van der Waals surface area contributed by atoms with Gasteiger partial charge in [0.25, 0.3) is 0 Å². The third-order valence-corrected chi connectivity index (χ3v) is 16.5. The molecule has 446 valence electrons. The fraction of sp³-hybridized carbons (Fsp3) is 0.929. The second-order valence-electron chi connectivity index (χ2n) is 24.1. The van der Waals surface area contributed by atoms with Crippen LogP contribution >= 0.6 is 0 Å². The van der Waals surface area contributed by atoms with Crippen LogP contribution in [-0.4, -0.2) is 46.1 Å². The average Bonchev–Trinajstić information content (AvgIpc) is 3.41. The Kier molecular flexibility index (Phi) is 64.3. The Morgan fingerprint density at radius 3 is 0.853 bits per heavy atom. The van der Waals surface area contributed by atoms with E-state index in [1.807, 2.05) is 6.08 Å². The first kappa shape index (κ1) is 73.8. The lowest BCUT2D eigenvalue weighted by Gasteiger charge is -2.21. The Labute approximate surface area is 471 Å². The van der Waals surface area contributed by atoms with Gasteiger partial charge in [-0.15, -0.1) is 0 Å². The normalized spacial score (nSPS) is 13.2. The summed E-state index contributed by atoms with van der Waals surface area (Å²) in [5.41, 5.74) is 0. The first-order valence-electron chi connectivity index (χ1n) is 34.6. The molecule has 5 heteroatoms. The summed E-state index contributed by atoms with van der Waals surface area (Å²) in [7, 11) is 0. The van der Waals surface area contributed by atoms with Crippen LogP contribution in [0.4, 0.5) is 0 Å². The highest BCUT2D eigenvalue weighted by molar-refractivity contribution is 5.76. The van der Waals surface area contributed by atoms with Crippen LogP contribution in [0.3, 0.4) is 0 Å². The molecule has 0 aromatic rings. The molecule has 5 nitrogen and oxygen atoms in total. The Hall–Kier alpha value is -1.17. The molecule has 0 aromatic carbocycles. The number of rotatable bonds is 65. The maximum atomic E-state index is 12.6. The molecule has 3 atom stereocenters. The maximum absolute atomic E-state index is 12.6. The van der Waals surface area contributed by atoms with Crippen LogP contribution in [0.1, 0.15) is 393 Å². The zero-order chi connectivity index (χ0) is 54.3. The molecule has 0 radical (unpaired) electrons. The van der Waals surface area contributed by atoms with Crippen molar-refractivity contribution in [3.63, 3.8) is 0 Å². The highest BCUT2D eigenvalue weighted by Crippen LogP contribution is 2.19. The number of aliphatic hydroxyl groups is 3. The van der Waals surface area contributed by atoms with E-state index in [4.69, 9.17) is 0 Å². The van der Waals surface area contributed by atoms with Gasteiger partial charge in [0.1, 0.15) is 0 Å². The molecule has 4 N–H and O–H groups in total. The first-order chi connectivity index (χ1) is 37.0. The molecule has 0 heterocycles. The van der Waals surface area contributed by atoms with Crippen molar-refractivity contribution in [3.8, 4) is 0 Å². The van der Waals surface area contributed by atoms with Crippen LogP contribution in [-0.2, 0) is 4.79 Å². The number of hydrogen-bond acceptors (Lipinski definition) is 4. The van der Waals surface area contributed by atoms with Crippen molar-refractivity contribution >= 4 is 5.91 Å². The average molecular weight is 1060 g/mol. The van der Waals surface area contributed by atoms with Crippen LogP contribution in [0.2, 0.25) is 0 Å². The van der Waals surface area contributed by atoms with E-state index in [1.54, 1.807) is 6.08 Å². The zero-order valence-corrected chi connectivity index (χ0v) is 51.2. The summed E-state index contributed by atoms with van der Waals surface area (Å²) in [5.74, 6) is -0.317. The third kappa shape index (κ3) is 61.9. The number of nitrogens with one attached hydrogen (secondary N) is 1. The molecular formula is C70H137NO4. The van der Waals surface area contributed by atoms with Crippen LogP contribution in [0.5, 0.6) is 0 Å². The van der Waals surface area contributed by atoms with Crippen molar-refractivity contribution in [1.29, 1.82) is 0 Å². The van der Waals surface area contributed by atoms with Crippen molar-refractivity contribution in [2.45, 2.75) is 411 Å². The number of carbonyl (C=O) groups is 1. The number of hydrogen-bond donors (Lipinski definition) is 4. The highest BCUT2D eigenvalue weighted by atomic mass is 16.3.